The molecule has 2 unspecified atom stereocenters. The van der Waals surface area contributed by atoms with E-state index in [2.05, 4.69) is 95.3 Å². The largest absolute Gasteiger partial charge is 1.00 e. The normalized spacial score (nSPS) is 18.2. The van der Waals surface area contributed by atoms with Crippen molar-refractivity contribution in [2.24, 2.45) is 5.41 Å². The van der Waals surface area contributed by atoms with Gasteiger partial charge in [-0.3, -0.25) is 28.0 Å². The van der Waals surface area contributed by atoms with Crippen LogP contribution >= 0.6 is 23.8 Å². The second kappa shape index (κ2) is 30.9. The zero-order chi connectivity index (χ0) is 59.9. The van der Waals surface area contributed by atoms with Gasteiger partial charge in [0.05, 0.1) is 64.5 Å². The molecule has 2 heterocycles. The third kappa shape index (κ3) is 22.0. The molecule has 81 heavy (non-hydrogen) atoms. The van der Waals surface area contributed by atoms with Crippen LogP contribution in [0.15, 0.2) is 88.5 Å². The summed E-state index contributed by atoms with van der Waals surface area (Å²) < 4.78 is 105. The summed E-state index contributed by atoms with van der Waals surface area (Å²) in [4.78, 5) is 50.7. The molecule has 1 aliphatic carbocycles. The van der Waals surface area contributed by atoms with Crippen molar-refractivity contribution >= 4 is 79.4 Å². The number of esters is 2. The molecular formula is C55H79BrN4NaO17PS2+2. The minimum Gasteiger partial charge on any atom is -0.463 e. The molecular weight excluding hydrogens is 1190 g/mol. The van der Waals surface area contributed by atoms with Crippen molar-refractivity contribution in [1.82, 2.24) is 5.32 Å². The van der Waals surface area contributed by atoms with Gasteiger partial charge in [0.2, 0.25) is 5.91 Å². The number of carbonyl (C=O) groups is 3. The molecule has 444 valence electrons. The third-order valence-electron chi connectivity index (χ3n) is 13.6. The van der Waals surface area contributed by atoms with Crippen LogP contribution in [0.4, 0.5) is 11.4 Å². The Kier molecular flexibility index (Phi) is 27.3. The van der Waals surface area contributed by atoms with Crippen LogP contribution in [0.1, 0.15) is 91.7 Å². The van der Waals surface area contributed by atoms with Gasteiger partial charge in [0.25, 0.3) is 10.1 Å². The van der Waals surface area contributed by atoms with E-state index in [4.69, 9.17) is 40.6 Å². The minimum atomic E-state index is -4.46. The van der Waals surface area contributed by atoms with Gasteiger partial charge in [-0.05, 0) is 87.4 Å². The predicted octanol–water partition coefficient (Wildman–Crippen LogP) is 4.05. The van der Waals surface area contributed by atoms with E-state index in [0.717, 1.165) is 41.8 Å². The Morgan fingerprint density at radius 1 is 0.889 bits per heavy atom. The van der Waals surface area contributed by atoms with Crippen LogP contribution in [0.3, 0.4) is 0 Å². The van der Waals surface area contributed by atoms with Crippen molar-refractivity contribution in [3.8, 4) is 0 Å². The van der Waals surface area contributed by atoms with Crippen LogP contribution in [0.25, 0.3) is 0 Å². The molecule has 0 bridgehead atoms. The number of nitrogens with one attached hydrogen (secondary N) is 1. The number of alkyl halides is 1. The molecule has 26 heteroatoms. The second-order valence-electron chi connectivity index (χ2n) is 22.4. The summed E-state index contributed by atoms with van der Waals surface area (Å²) in [5.41, 5.74) is 6.49. The topological polar surface area (TPSA) is 268 Å². The van der Waals surface area contributed by atoms with Crippen molar-refractivity contribution in [1.29, 1.82) is 0 Å². The van der Waals surface area contributed by atoms with Gasteiger partial charge in [0, 0.05) is 47.8 Å². The number of anilines is 1. The van der Waals surface area contributed by atoms with Gasteiger partial charge in [-0.1, -0.05) is 67.4 Å². The predicted molar refractivity (Wildman–Crippen MR) is 304 cm³/mol. The summed E-state index contributed by atoms with van der Waals surface area (Å²) in [6.45, 7) is 14.4. The van der Waals surface area contributed by atoms with E-state index in [0.29, 0.717) is 17.6 Å². The van der Waals surface area contributed by atoms with Gasteiger partial charge in [0.1, 0.15) is 43.4 Å². The molecule has 0 aromatic heterocycles. The van der Waals surface area contributed by atoms with Crippen LogP contribution in [-0.4, -0.2) is 168 Å². The summed E-state index contributed by atoms with van der Waals surface area (Å²) in [6, 6.07) is 13.9. The number of allylic oxidation sites excluding steroid dienone is 8. The number of phosphoric acid groups is 1. The number of likely N-dealkylation sites (N-methyl/N-ethyl adjacent to an activating group) is 1. The molecule has 0 saturated carbocycles. The number of benzene rings is 2. The van der Waals surface area contributed by atoms with Gasteiger partial charge in [-0.15, -0.1) is 18.7 Å². The molecule has 0 saturated heterocycles. The molecule has 2 aliphatic heterocycles. The van der Waals surface area contributed by atoms with E-state index in [9.17, 15) is 36.8 Å². The summed E-state index contributed by atoms with van der Waals surface area (Å²) in [6.07, 6.45) is 13.9. The maximum Gasteiger partial charge on any atom is 1.00 e. The van der Waals surface area contributed by atoms with Crippen LogP contribution in [0.5, 0.6) is 0 Å². The first-order chi connectivity index (χ1) is 37.1. The van der Waals surface area contributed by atoms with Crippen molar-refractivity contribution in [2.75, 3.05) is 106 Å². The van der Waals surface area contributed by atoms with E-state index in [1.807, 2.05) is 46.0 Å². The Morgan fingerprint density at radius 3 is 2.15 bits per heavy atom. The van der Waals surface area contributed by atoms with Crippen molar-refractivity contribution in [3.63, 3.8) is 0 Å². The third-order valence-corrected chi connectivity index (χ3v) is 16.0. The zero-order valence-corrected chi connectivity index (χ0v) is 54.8. The number of halogens is 1. The Labute approximate surface area is 509 Å². The molecule has 1 amide bonds. The van der Waals surface area contributed by atoms with E-state index in [-0.39, 0.29) is 118 Å². The number of carbonyl (C=O) groups excluding carboxylic acids is 3. The Morgan fingerprint density at radius 2 is 1.51 bits per heavy atom. The first kappa shape index (κ1) is 71.5. The zero-order valence-electron chi connectivity index (χ0n) is 48.7. The molecule has 0 fully saturated rings. The fraction of sp³-hybridized carbons (Fsp3) is 0.564. The molecule has 0 radical (unpaired) electrons. The molecule has 2 aromatic carbocycles. The average molecular weight is 1270 g/mol. The second-order valence-corrected chi connectivity index (χ2v) is 27.4. The van der Waals surface area contributed by atoms with Gasteiger partial charge in [-0.25, -0.2) is 9.14 Å². The van der Waals surface area contributed by atoms with Crippen molar-refractivity contribution in [3.05, 3.63) is 101 Å². The first-order valence-electron chi connectivity index (χ1n) is 26.0. The molecule has 5 rings (SSSR count). The number of amides is 1. The van der Waals surface area contributed by atoms with Crippen molar-refractivity contribution < 1.29 is 116 Å². The van der Waals surface area contributed by atoms with Gasteiger partial charge >= 0.3 is 59.9 Å². The Hall–Kier alpha value is -3.72. The van der Waals surface area contributed by atoms with Crippen LogP contribution in [0.2, 0.25) is 0 Å². The fourth-order valence-corrected chi connectivity index (χ4v) is 11.5. The standard InChI is InChI=1S/C55H78BrN4O14PS.Na.O3S/c1-52(2,39-55(7,56)51(63)72-35-36-74-75(64,65)73-30-28-60(9,10)11)50(62)71-34-33-70-32-31-69-29-26-57-49(61)25-27-59-46-22-21-42(76(66,67)68)38-44(46)54(5,6)48(59)24-20-41-16-14-15-40(37-41)19-23-47-53(3,4)43-17-12-13-18-45(43)58(47)8;;1-4(2)3/h13,17-24,37-38H,14-16,25-36,39H2,1-11H3,(H2-,57,61,64,65,66,67,68);;/q;+1;/p+1. The van der Waals surface area contributed by atoms with Gasteiger partial charge < -0.3 is 38.5 Å². The number of rotatable bonds is 28. The number of hydrogen-bond donors (Lipinski definition) is 3. The van der Waals surface area contributed by atoms with Crippen LogP contribution in [0, 0.1) is 11.5 Å². The Balaban J connectivity index is 0.00000333. The first-order valence-corrected chi connectivity index (χ1v) is 30.8. The number of phosphoric ester groups is 1. The number of hydrogen-bond acceptors (Lipinski definition) is 16. The molecule has 21 nitrogen and oxygen atoms in total. The van der Waals surface area contributed by atoms with Crippen LogP contribution in [-0.2, 0) is 78.5 Å². The maximum atomic E-state index is 13.2. The number of nitrogens with zero attached hydrogens (tertiary/aromatic N) is 3. The summed E-state index contributed by atoms with van der Waals surface area (Å²) in [7, 11) is -4.05. The summed E-state index contributed by atoms with van der Waals surface area (Å²) in [5.74, 6) is -1.44. The van der Waals surface area contributed by atoms with Gasteiger partial charge in [-0.2, -0.15) is 26.6 Å². The van der Waals surface area contributed by atoms with Crippen molar-refractivity contribution in [2.45, 2.75) is 101 Å². The van der Waals surface area contributed by atoms with E-state index >= 15 is 0 Å². The summed E-state index contributed by atoms with van der Waals surface area (Å²) in [5, 5.41) is 2.90. The molecule has 0 spiro atoms. The van der Waals surface area contributed by atoms with E-state index in [1.165, 1.54) is 34.7 Å². The molecule has 3 aliphatic rings. The Bertz CT molecular complexity index is 3000. The fourth-order valence-electron chi connectivity index (χ4n) is 9.45. The monoisotopic (exact) mass is 1260 g/mol. The van der Waals surface area contributed by atoms with E-state index < -0.39 is 55.6 Å². The molecule has 2 atom stereocenters. The van der Waals surface area contributed by atoms with Crippen LogP contribution < -0.4 is 39.8 Å². The quantitative estimate of drug-likeness (QED) is 0.0125. The summed E-state index contributed by atoms with van der Waals surface area (Å²) >= 11 is 3.36. The maximum absolute atomic E-state index is 13.2. The number of ether oxygens (including phenoxy) is 4. The number of quaternary nitrogens is 1. The minimum absolute atomic E-state index is 0. The van der Waals surface area contributed by atoms with E-state index in [1.54, 1.807) is 26.8 Å². The SMILES string of the molecule is C[N+]1=C(C=CC2=CC(=CC=C3N(CCC(=O)NCCOCCOCCOC(=O)C(C)(C)CC(C)(Br)C(=O)OCCOP(=O)(O)OCC[N+](C)(C)C)c4ccc(S(=O)(=O)O)cc4C3(C)C)CCC2)C(C)(C)c2c[c-]ccc21.O=S(=O)=O.[Na+]. The molecule has 3 N–H and O–H groups in total. The van der Waals surface area contributed by atoms with Gasteiger partial charge in [0.15, 0.2) is 5.71 Å². The molecule has 2 aromatic rings. The average Bonchev–Trinajstić information content (AvgIpc) is 3.68. The smallest absolute Gasteiger partial charge is 0.463 e. The number of fused-ring (bicyclic) bond motifs is 2.